The fourth-order valence-electron chi connectivity index (χ4n) is 0.760. The molecule has 0 heterocycles. The van der Waals surface area contributed by atoms with E-state index in [-0.39, 0.29) is 4.90 Å². The molecule has 0 amide bonds. The van der Waals surface area contributed by atoms with Crippen LogP contribution in [0.1, 0.15) is 5.56 Å². The monoisotopic (exact) mass is 194 g/mol. The molecule has 1 rings (SSSR count). The minimum absolute atomic E-state index is 0.0789. The second kappa shape index (κ2) is 2.90. The van der Waals surface area contributed by atoms with Gasteiger partial charge >= 0.3 is 6.18 Å². The van der Waals surface area contributed by atoms with E-state index in [9.17, 15) is 13.2 Å². The van der Waals surface area contributed by atoms with Crippen LogP contribution in [0.5, 0.6) is 5.75 Å². The van der Waals surface area contributed by atoms with Crippen LogP contribution >= 0.6 is 12.6 Å². The number of aromatic hydroxyl groups is 1. The van der Waals surface area contributed by atoms with Gasteiger partial charge in [0.2, 0.25) is 0 Å². The predicted octanol–water partition coefficient (Wildman–Crippen LogP) is 2.70. The number of rotatable bonds is 0. The van der Waals surface area contributed by atoms with Crippen molar-refractivity contribution in [3.05, 3.63) is 23.8 Å². The third-order valence-corrected chi connectivity index (χ3v) is 1.68. The van der Waals surface area contributed by atoms with Crippen LogP contribution in [0.25, 0.3) is 0 Å². The molecule has 1 N–H and O–H groups in total. The van der Waals surface area contributed by atoms with Gasteiger partial charge in [-0.3, -0.25) is 0 Å². The average Bonchev–Trinajstić information content (AvgIpc) is 1.92. The number of hydrogen-bond acceptors (Lipinski definition) is 2. The second-order valence-electron chi connectivity index (χ2n) is 2.17. The van der Waals surface area contributed by atoms with E-state index in [0.29, 0.717) is 0 Å². The Balaban J connectivity index is 3.26. The van der Waals surface area contributed by atoms with E-state index in [1.165, 1.54) is 12.1 Å². The summed E-state index contributed by atoms with van der Waals surface area (Å²) in [4.78, 5) is -0.0789. The van der Waals surface area contributed by atoms with Crippen molar-refractivity contribution >= 4 is 12.6 Å². The van der Waals surface area contributed by atoms with Gasteiger partial charge in [0.25, 0.3) is 0 Å². The predicted molar refractivity (Wildman–Crippen MR) is 40.4 cm³/mol. The van der Waals surface area contributed by atoms with Crippen molar-refractivity contribution in [1.82, 2.24) is 0 Å². The molecule has 0 spiro atoms. The molecule has 66 valence electrons. The van der Waals surface area contributed by atoms with E-state index in [4.69, 9.17) is 5.11 Å². The Morgan fingerprint density at radius 1 is 1.25 bits per heavy atom. The molecule has 5 heteroatoms. The van der Waals surface area contributed by atoms with Crippen LogP contribution in [0.2, 0.25) is 0 Å². The molecule has 0 saturated heterocycles. The van der Waals surface area contributed by atoms with Crippen molar-refractivity contribution in [2.75, 3.05) is 0 Å². The summed E-state index contributed by atoms with van der Waals surface area (Å²) in [5.41, 5.74) is -1.06. The molecule has 0 radical (unpaired) electrons. The first-order valence-corrected chi connectivity index (χ1v) is 3.46. The van der Waals surface area contributed by atoms with E-state index in [0.717, 1.165) is 6.07 Å². The van der Waals surface area contributed by atoms with Crippen LogP contribution in [0, 0.1) is 0 Å². The number of hydrogen-bond donors (Lipinski definition) is 2. The van der Waals surface area contributed by atoms with E-state index in [1.54, 1.807) is 0 Å². The number of phenols is 1. The van der Waals surface area contributed by atoms with Crippen LogP contribution in [0.3, 0.4) is 0 Å². The number of alkyl halides is 3. The summed E-state index contributed by atoms with van der Waals surface area (Å²) in [7, 11) is 0. The van der Waals surface area contributed by atoms with E-state index in [1.807, 2.05) is 0 Å². The lowest BCUT2D eigenvalue weighted by Gasteiger charge is -2.09. The smallest absolute Gasteiger partial charge is 0.419 e. The van der Waals surface area contributed by atoms with Gasteiger partial charge in [-0.15, -0.1) is 12.6 Å². The molecule has 0 bridgehead atoms. The SMILES string of the molecule is Oc1c(S)cccc1C(F)(F)F. The molecule has 0 aliphatic carbocycles. The second-order valence-corrected chi connectivity index (χ2v) is 2.65. The number of benzene rings is 1. The molecule has 0 fully saturated rings. The first-order valence-electron chi connectivity index (χ1n) is 3.01. The summed E-state index contributed by atoms with van der Waals surface area (Å²) in [6, 6.07) is 3.27. The summed E-state index contributed by atoms with van der Waals surface area (Å²) < 4.78 is 36.1. The number of phenolic OH excluding ortho intramolecular Hbond substituents is 1. The fraction of sp³-hybridized carbons (Fsp3) is 0.143. The molecule has 0 aromatic heterocycles. The lowest BCUT2D eigenvalue weighted by atomic mass is 10.2. The standard InChI is InChI=1S/C7H5F3OS/c8-7(9,10)4-2-1-3-5(12)6(4)11/h1-3,11-12H. The number of para-hydroxylation sites is 1. The largest absolute Gasteiger partial charge is 0.506 e. The molecule has 1 aromatic carbocycles. The lowest BCUT2D eigenvalue weighted by Crippen LogP contribution is -2.04. The summed E-state index contributed by atoms with van der Waals surface area (Å²) in [6.07, 6.45) is -4.52. The van der Waals surface area contributed by atoms with E-state index in [2.05, 4.69) is 12.6 Å². The van der Waals surface area contributed by atoms with Gasteiger partial charge in [0.15, 0.2) is 0 Å². The highest BCUT2D eigenvalue weighted by Gasteiger charge is 2.34. The zero-order valence-electron chi connectivity index (χ0n) is 5.76. The molecule has 1 aromatic rings. The van der Waals surface area contributed by atoms with Crippen LogP contribution in [0.4, 0.5) is 13.2 Å². The van der Waals surface area contributed by atoms with E-state index < -0.39 is 17.5 Å². The average molecular weight is 194 g/mol. The van der Waals surface area contributed by atoms with Crippen molar-refractivity contribution in [2.24, 2.45) is 0 Å². The molecule has 0 unspecified atom stereocenters. The summed E-state index contributed by atoms with van der Waals surface area (Å²) >= 11 is 3.65. The van der Waals surface area contributed by atoms with Crippen LogP contribution in [-0.4, -0.2) is 5.11 Å². The van der Waals surface area contributed by atoms with Gasteiger partial charge in [-0.1, -0.05) is 6.07 Å². The number of halogens is 3. The Hall–Kier alpha value is -0.840. The molecular formula is C7H5F3OS. The van der Waals surface area contributed by atoms with Crippen molar-refractivity contribution in [2.45, 2.75) is 11.1 Å². The van der Waals surface area contributed by atoms with Crippen LogP contribution in [-0.2, 0) is 6.18 Å². The van der Waals surface area contributed by atoms with Gasteiger partial charge in [-0.25, -0.2) is 0 Å². The highest BCUT2D eigenvalue weighted by Crippen LogP contribution is 2.38. The minimum atomic E-state index is -4.52. The molecule has 0 saturated carbocycles. The highest BCUT2D eigenvalue weighted by atomic mass is 32.1. The first kappa shape index (κ1) is 9.25. The van der Waals surface area contributed by atoms with Crippen molar-refractivity contribution < 1.29 is 18.3 Å². The Labute approximate surface area is 72.2 Å². The Bertz CT molecular complexity index is 295. The summed E-state index contributed by atoms with van der Waals surface area (Å²) in [6.45, 7) is 0. The molecular weight excluding hydrogens is 189 g/mol. The van der Waals surface area contributed by atoms with Crippen LogP contribution in [0.15, 0.2) is 23.1 Å². The van der Waals surface area contributed by atoms with Crippen molar-refractivity contribution in [3.8, 4) is 5.75 Å². The van der Waals surface area contributed by atoms with Crippen molar-refractivity contribution in [3.63, 3.8) is 0 Å². The summed E-state index contributed by atoms with van der Waals surface area (Å²) in [5.74, 6) is -0.826. The molecule has 1 nitrogen and oxygen atoms in total. The zero-order chi connectivity index (χ0) is 9.35. The Morgan fingerprint density at radius 3 is 2.25 bits per heavy atom. The minimum Gasteiger partial charge on any atom is -0.506 e. The Kier molecular flexibility index (Phi) is 2.23. The van der Waals surface area contributed by atoms with E-state index >= 15 is 0 Å². The maximum atomic E-state index is 12.0. The van der Waals surface area contributed by atoms with Gasteiger partial charge in [-0.05, 0) is 12.1 Å². The van der Waals surface area contributed by atoms with Gasteiger partial charge in [-0.2, -0.15) is 13.2 Å². The maximum Gasteiger partial charge on any atom is 0.419 e. The number of thiol groups is 1. The lowest BCUT2D eigenvalue weighted by molar-refractivity contribution is -0.139. The maximum absolute atomic E-state index is 12.0. The third-order valence-electron chi connectivity index (χ3n) is 1.32. The molecule has 12 heavy (non-hydrogen) atoms. The normalized spacial score (nSPS) is 11.7. The quantitative estimate of drug-likeness (QED) is 0.608. The van der Waals surface area contributed by atoms with Gasteiger partial charge in [0, 0.05) is 4.90 Å². The highest BCUT2D eigenvalue weighted by molar-refractivity contribution is 7.80. The Morgan fingerprint density at radius 2 is 1.83 bits per heavy atom. The van der Waals surface area contributed by atoms with Gasteiger partial charge < -0.3 is 5.11 Å². The fourth-order valence-corrected chi connectivity index (χ4v) is 0.967. The third kappa shape index (κ3) is 1.66. The van der Waals surface area contributed by atoms with Gasteiger partial charge in [0.1, 0.15) is 5.75 Å². The molecule has 0 aliphatic heterocycles. The van der Waals surface area contributed by atoms with Crippen LogP contribution < -0.4 is 0 Å². The first-order chi connectivity index (χ1) is 5.43. The topological polar surface area (TPSA) is 20.2 Å². The van der Waals surface area contributed by atoms with Gasteiger partial charge in [0.05, 0.1) is 5.56 Å². The molecule has 0 atom stereocenters. The summed E-state index contributed by atoms with van der Waals surface area (Å²) in [5, 5.41) is 8.94. The molecule has 0 aliphatic rings. The zero-order valence-corrected chi connectivity index (χ0v) is 6.65. The van der Waals surface area contributed by atoms with Crippen molar-refractivity contribution in [1.29, 1.82) is 0 Å².